The van der Waals surface area contributed by atoms with Gasteiger partial charge in [-0.25, -0.2) is 8.42 Å². The molecular formula is C17H18Cl2N2O4S. The fourth-order valence-electron chi connectivity index (χ4n) is 2.13. The zero-order valence-electron chi connectivity index (χ0n) is 14.4. The lowest BCUT2D eigenvalue weighted by Crippen LogP contribution is -2.44. The Balaban J connectivity index is 2.04. The molecule has 0 radical (unpaired) electrons. The Hall–Kier alpha value is -1.80. The van der Waals surface area contributed by atoms with E-state index in [1.54, 1.807) is 25.1 Å². The molecule has 9 heteroatoms. The second kappa shape index (κ2) is 8.26. The molecule has 2 N–H and O–H groups in total. The van der Waals surface area contributed by atoms with E-state index in [1.807, 2.05) is 23.9 Å². The maximum Gasteiger partial charge on any atom is 0.272 e. The zero-order valence-corrected chi connectivity index (χ0v) is 16.7. The van der Waals surface area contributed by atoms with E-state index < -0.39 is 15.9 Å². The lowest BCUT2D eigenvalue weighted by Gasteiger charge is -2.14. The van der Waals surface area contributed by atoms with Crippen LogP contribution in [0.1, 0.15) is 16.7 Å². The average molecular weight is 417 g/mol. The predicted molar refractivity (Wildman–Crippen MR) is 101 cm³/mol. The van der Waals surface area contributed by atoms with Crippen molar-refractivity contribution in [2.45, 2.75) is 25.7 Å². The minimum absolute atomic E-state index is 0.0459. The van der Waals surface area contributed by atoms with Crippen molar-refractivity contribution in [2.24, 2.45) is 0 Å². The Kier molecular flexibility index (Phi) is 6.52. The number of benzene rings is 2. The molecule has 2 aromatic rings. The molecule has 0 aromatic heterocycles. The molecule has 2 rings (SSSR count). The molecule has 0 unspecified atom stereocenters. The van der Waals surface area contributed by atoms with Gasteiger partial charge in [-0.1, -0.05) is 40.9 Å². The Morgan fingerprint density at radius 3 is 2.35 bits per heavy atom. The summed E-state index contributed by atoms with van der Waals surface area (Å²) in [4.78, 5) is 13.7. The Bertz CT molecular complexity index is 903. The van der Waals surface area contributed by atoms with E-state index in [0.717, 1.165) is 5.56 Å². The van der Waals surface area contributed by atoms with E-state index in [2.05, 4.69) is 5.43 Å². The van der Waals surface area contributed by atoms with Gasteiger partial charge < -0.3 is 4.74 Å². The van der Waals surface area contributed by atoms with Crippen LogP contribution in [0.2, 0.25) is 10.0 Å². The van der Waals surface area contributed by atoms with E-state index in [1.165, 1.54) is 6.92 Å². The third kappa shape index (κ3) is 4.88. The fraction of sp³-hybridized carbons (Fsp3) is 0.235. The molecule has 0 saturated carbocycles. The van der Waals surface area contributed by atoms with Crippen LogP contribution in [0.4, 0.5) is 0 Å². The molecule has 140 valence electrons. The SMILES string of the molecule is Cc1ccc(OCC(=O)NNS(=O)(=O)c2c(C)c(Cl)cc(C)c2Cl)cc1. The van der Waals surface area contributed by atoms with Gasteiger partial charge in [0.1, 0.15) is 10.6 Å². The maximum absolute atomic E-state index is 12.5. The summed E-state index contributed by atoms with van der Waals surface area (Å²) < 4.78 is 30.3. The molecule has 0 fully saturated rings. The molecule has 0 aliphatic rings. The van der Waals surface area contributed by atoms with Crippen LogP contribution < -0.4 is 15.0 Å². The lowest BCUT2D eigenvalue weighted by molar-refractivity contribution is -0.123. The molecule has 0 aliphatic carbocycles. The minimum Gasteiger partial charge on any atom is -0.484 e. The summed E-state index contributed by atoms with van der Waals surface area (Å²) in [6.45, 7) is 4.74. The summed E-state index contributed by atoms with van der Waals surface area (Å²) in [5, 5.41) is 0.311. The normalized spacial score (nSPS) is 11.3. The monoisotopic (exact) mass is 416 g/mol. The van der Waals surface area contributed by atoms with Gasteiger partial charge in [0.2, 0.25) is 0 Å². The van der Waals surface area contributed by atoms with E-state index in [0.29, 0.717) is 16.9 Å². The smallest absolute Gasteiger partial charge is 0.272 e. The highest BCUT2D eigenvalue weighted by molar-refractivity contribution is 7.89. The molecule has 0 spiro atoms. The quantitative estimate of drug-likeness (QED) is 0.707. The Morgan fingerprint density at radius 2 is 1.73 bits per heavy atom. The number of rotatable bonds is 6. The number of amides is 1. The minimum atomic E-state index is -4.10. The summed E-state index contributed by atoms with van der Waals surface area (Å²) in [6, 6.07) is 8.67. The van der Waals surface area contributed by atoms with Crippen molar-refractivity contribution in [1.82, 2.24) is 10.3 Å². The van der Waals surface area contributed by atoms with Gasteiger partial charge in [-0.3, -0.25) is 10.2 Å². The van der Waals surface area contributed by atoms with Crippen LogP contribution in [0.25, 0.3) is 0 Å². The van der Waals surface area contributed by atoms with Crippen molar-refractivity contribution in [3.8, 4) is 5.75 Å². The van der Waals surface area contributed by atoms with Crippen LogP contribution in [-0.2, 0) is 14.8 Å². The molecule has 2 aromatic carbocycles. The molecule has 0 aliphatic heterocycles. The molecule has 0 saturated heterocycles. The second-order valence-electron chi connectivity index (χ2n) is 5.70. The summed E-state index contributed by atoms with van der Waals surface area (Å²) in [6.07, 6.45) is 0. The number of carbonyl (C=O) groups is 1. The number of sulfonamides is 1. The summed E-state index contributed by atoms with van der Waals surface area (Å²) in [5.74, 6) is -0.167. The molecule has 0 heterocycles. The van der Waals surface area contributed by atoms with E-state index in [9.17, 15) is 13.2 Å². The number of hydrazine groups is 1. The number of hydrogen-bond acceptors (Lipinski definition) is 4. The Morgan fingerprint density at radius 1 is 1.12 bits per heavy atom. The van der Waals surface area contributed by atoms with Gasteiger partial charge in [0.15, 0.2) is 6.61 Å². The molecule has 1 amide bonds. The van der Waals surface area contributed by atoms with Crippen LogP contribution in [0, 0.1) is 20.8 Å². The number of halogens is 2. The van der Waals surface area contributed by atoms with Gasteiger partial charge >= 0.3 is 0 Å². The lowest BCUT2D eigenvalue weighted by atomic mass is 10.2. The van der Waals surface area contributed by atoms with Crippen LogP contribution in [-0.4, -0.2) is 20.9 Å². The van der Waals surface area contributed by atoms with Crippen LogP contribution >= 0.6 is 23.2 Å². The summed E-state index contributed by atoms with van der Waals surface area (Å²) in [7, 11) is -4.10. The number of nitrogens with one attached hydrogen (secondary N) is 2. The van der Waals surface area contributed by atoms with Gasteiger partial charge in [-0.15, -0.1) is 4.83 Å². The first-order valence-corrected chi connectivity index (χ1v) is 9.81. The summed E-state index contributed by atoms with van der Waals surface area (Å²) >= 11 is 12.1. The first-order chi connectivity index (χ1) is 12.1. The molecule has 6 nitrogen and oxygen atoms in total. The van der Waals surface area contributed by atoms with Gasteiger partial charge in [0.05, 0.1) is 5.02 Å². The van der Waals surface area contributed by atoms with Gasteiger partial charge in [0.25, 0.3) is 15.9 Å². The van der Waals surface area contributed by atoms with Crippen molar-refractivity contribution in [1.29, 1.82) is 0 Å². The first kappa shape index (κ1) is 20.5. The highest BCUT2D eigenvalue weighted by Crippen LogP contribution is 2.33. The zero-order chi connectivity index (χ0) is 19.5. The average Bonchev–Trinajstić information content (AvgIpc) is 2.58. The van der Waals surface area contributed by atoms with E-state index in [-0.39, 0.29) is 21.5 Å². The van der Waals surface area contributed by atoms with Crippen LogP contribution in [0.15, 0.2) is 35.2 Å². The van der Waals surface area contributed by atoms with Crippen molar-refractivity contribution >= 4 is 39.1 Å². The van der Waals surface area contributed by atoms with Crippen LogP contribution in [0.3, 0.4) is 0 Å². The van der Waals surface area contributed by atoms with Crippen molar-refractivity contribution in [3.05, 3.63) is 57.1 Å². The highest BCUT2D eigenvalue weighted by Gasteiger charge is 2.24. The predicted octanol–water partition coefficient (Wildman–Crippen LogP) is 3.31. The van der Waals surface area contributed by atoms with E-state index >= 15 is 0 Å². The second-order valence-corrected chi connectivity index (χ2v) is 8.10. The number of aryl methyl sites for hydroxylation is 2. The number of carbonyl (C=O) groups excluding carboxylic acids is 1. The molecular weight excluding hydrogens is 399 g/mol. The molecule has 0 atom stereocenters. The van der Waals surface area contributed by atoms with E-state index in [4.69, 9.17) is 27.9 Å². The van der Waals surface area contributed by atoms with Crippen LogP contribution in [0.5, 0.6) is 5.75 Å². The van der Waals surface area contributed by atoms with Gasteiger partial charge in [0, 0.05) is 5.02 Å². The first-order valence-electron chi connectivity index (χ1n) is 7.57. The fourth-order valence-corrected chi connectivity index (χ4v) is 4.20. The number of hydrogen-bond donors (Lipinski definition) is 2. The standard InChI is InChI=1S/C17H18Cl2N2O4S/c1-10-4-6-13(7-5-10)25-9-15(22)20-21-26(23,24)17-12(3)14(18)8-11(2)16(17)19/h4-8,21H,9H2,1-3H3,(H,20,22). The molecule has 0 bridgehead atoms. The van der Waals surface area contributed by atoms with Gasteiger partial charge in [-0.05, 0) is 50.1 Å². The highest BCUT2D eigenvalue weighted by atomic mass is 35.5. The largest absolute Gasteiger partial charge is 0.484 e. The van der Waals surface area contributed by atoms with Gasteiger partial charge in [-0.2, -0.15) is 0 Å². The van der Waals surface area contributed by atoms with Crippen molar-refractivity contribution in [2.75, 3.05) is 6.61 Å². The third-order valence-corrected chi connectivity index (χ3v) is 5.98. The third-order valence-electron chi connectivity index (χ3n) is 3.57. The molecule has 26 heavy (non-hydrogen) atoms. The Labute approximate surface area is 162 Å². The van der Waals surface area contributed by atoms with Crippen molar-refractivity contribution < 1.29 is 17.9 Å². The summed E-state index contributed by atoms with van der Waals surface area (Å²) in [5.41, 5.74) is 3.95. The van der Waals surface area contributed by atoms with Crippen molar-refractivity contribution in [3.63, 3.8) is 0 Å². The number of ether oxygens (including phenoxy) is 1. The maximum atomic E-state index is 12.5. The topological polar surface area (TPSA) is 84.5 Å².